The molecule has 0 aliphatic carbocycles. The van der Waals surface area contributed by atoms with Gasteiger partial charge in [0.2, 0.25) is 0 Å². The smallest absolute Gasteiger partial charge is 0.0807 e. The Morgan fingerprint density at radius 2 is 2.22 bits per heavy atom. The number of ether oxygens (including phenoxy) is 1. The predicted molar refractivity (Wildman–Crippen MR) is 79.0 cm³/mol. The number of unbranched alkanes of at least 4 members (excludes halogenated alkanes) is 3. The molecule has 0 saturated carbocycles. The zero-order chi connectivity index (χ0) is 13.3. The predicted octanol–water partition coefficient (Wildman–Crippen LogP) is 4.06. The Kier molecular flexibility index (Phi) is 7.60. The lowest BCUT2D eigenvalue weighted by Crippen LogP contribution is -2.48. The van der Waals surface area contributed by atoms with Crippen molar-refractivity contribution < 1.29 is 4.74 Å². The normalized spacial score (nSPS) is 25.2. The van der Waals surface area contributed by atoms with E-state index in [1.54, 1.807) is 0 Å². The van der Waals surface area contributed by atoms with Crippen molar-refractivity contribution in [2.45, 2.75) is 76.9 Å². The minimum absolute atomic E-state index is 0.0770. The molecule has 0 radical (unpaired) electrons. The number of allylic oxidation sites excluding steroid dienone is 1. The van der Waals surface area contributed by atoms with Gasteiger partial charge in [-0.1, -0.05) is 25.8 Å². The van der Waals surface area contributed by atoms with Crippen LogP contribution in [0.15, 0.2) is 12.7 Å². The Morgan fingerprint density at radius 1 is 1.39 bits per heavy atom. The van der Waals surface area contributed by atoms with Crippen molar-refractivity contribution in [1.29, 1.82) is 0 Å². The summed E-state index contributed by atoms with van der Waals surface area (Å²) >= 11 is 0. The van der Waals surface area contributed by atoms with Crippen LogP contribution in [0.3, 0.4) is 0 Å². The molecule has 0 aromatic heterocycles. The molecule has 2 atom stereocenters. The zero-order valence-electron chi connectivity index (χ0n) is 12.3. The van der Waals surface area contributed by atoms with Gasteiger partial charge in [-0.2, -0.15) is 0 Å². The summed E-state index contributed by atoms with van der Waals surface area (Å²) in [6.45, 7) is 10.3. The molecule has 1 N–H and O–H groups in total. The topological polar surface area (TPSA) is 21.3 Å². The van der Waals surface area contributed by atoms with Crippen LogP contribution in [0.2, 0.25) is 0 Å². The summed E-state index contributed by atoms with van der Waals surface area (Å²) < 4.78 is 6.00. The molecule has 0 amide bonds. The molecule has 1 fully saturated rings. The third-order valence-electron chi connectivity index (χ3n) is 4.03. The van der Waals surface area contributed by atoms with E-state index in [1.807, 2.05) is 6.08 Å². The van der Waals surface area contributed by atoms with E-state index in [4.69, 9.17) is 4.74 Å². The fourth-order valence-electron chi connectivity index (χ4n) is 2.83. The van der Waals surface area contributed by atoms with E-state index in [0.717, 1.165) is 19.6 Å². The van der Waals surface area contributed by atoms with Crippen LogP contribution in [0.25, 0.3) is 0 Å². The number of hydrogen-bond donors (Lipinski definition) is 1. The minimum Gasteiger partial charge on any atom is -0.374 e. The highest BCUT2D eigenvalue weighted by atomic mass is 16.5. The lowest BCUT2D eigenvalue weighted by atomic mass is 9.89. The van der Waals surface area contributed by atoms with Gasteiger partial charge in [0.25, 0.3) is 0 Å². The van der Waals surface area contributed by atoms with Crippen molar-refractivity contribution in [1.82, 2.24) is 5.32 Å². The van der Waals surface area contributed by atoms with Gasteiger partial charge in [0.05, 0.1) is 5.60 Å². The van der Waals surface area contributed by atoms with E-state index < -0.39 is 0 Å². The quantitative estimate of drug-likeness (QED) is 0.468. The standard InChI is InChI=1S/C16H31NO/c1-4-6-7-8-9-11-15(17-13-5-2)16(3)12-10-14-18-16/h4,15,17H,1,5-14H2,2-3H3. The van der Waals surface area contributed by atoms with Crippen LogP contribution < -0.4 is 5.32 Å². The van der Waals surface area contributed by atoms with Gasteiger partial charge in [-0.3, -0.25) is 0 Å². The van der Waals surface area contributed by atoms with Crippen LogP contribution in [0.1, 0.15) is 65.2 Å². The third kappa shape index (κ3) is 5.11. The highest BCUT2D eigenvalue weighted by Gasteiger charge is 2.37. The van der Waals surface area contributed by atoms with Crippen molar-refractivity contribution in [3.63, 3.8) is 0 Å². The number of hydrogen-bond acceptors (Lipinski definition) is 2. The zero-order valence-corrected chi connectivity index (χ0v) is 12.3. The van der Waals surface area contributed by atoms with E-state index in [1.165, 1.54) is 44.9 Å². The van der Waals surface area contributed by atoms with E-state index >= 15 is 0 Å². The number of nitrogens with one attached hydrogen (secondary N) is 1. The maximum atomic E-state index is 6.00. The minimum atomic E-state index is 0.0770. The molecule has 1 aliphatic rings. The first kappa shape index (κ1) is 15.7. The van der Waals surface area contributed by atoms with Gasteiger partial charge in [-0.05, 0) is 52.0 Å². The summed E-state index contributed by atoms with van der Waals surface area (Å²) in [5, 5.41) is 3.70. The van der Waals surface area contributed by atoms with Crippen LogP contribution in [0, 0.1) is 0 Å². The molecule has 1 aliphatic heterocycles. The Morgan fingerprint density at radius 3 is 2.83 bits per heavy atom. The Balaban J connectivity index is 2.32. The molecular weight excluding hydrogens is 222 g/mol. The molecule has 106 valence electrons. The van der Waals surface area contributed by atoms with Crippen LogP contribution in [0.5, 0.6) is 0 Å². The number of rotatable bonds is 10. The first-order valence-electron chi connectivity index (χ1n) is 7.71. The van der Waals surface area contributed by atoms with Gasteiger partial charge < -0.3 is 10.1 Å². The Hall–Kier alpha value is -0.340. The summed E-state index contributed by atoms with van der Waals surface area (Å²) in [6, 6.07) is 0.531. The lowest BCUT2D eigenvalue weighted by Gasteiger charge is -2.34. The molecule has 0 aromatic carbocycles. The maximum Gasteiger partial charge on any atom is 0.0807 e. The fraction of sp³-hybridized carbons (Fsp3) is 0.875. The molecule has 2 unspecified atom stereocenters. The van der Waals surface area contributed by atoms with E-state index in [9.17, 15) is 0 Å². The van der Waals surface area contributed by atoms with Gasteiger partial charge >= 0.3 is 0 Å². The van der Waals surface area contributed by atoms with Gasteiger partial charge in [-0.25, -0.2) is 0 Å². The average molecular weight is 253 g/mol. The van der Waals surface area contributed by atoms with Gasteiger partial charge in [-0.15, -0.1) is 6.58 Å². The average Bonchev–Trinajstić information content (AvgIpc) is 2.80. The summed E-state index contributed by atoms with van der Waals surface area (Å²) in [5.74, 6) is 0. The van der Waals surface area contributed by atoms with Gasteiger partial charge in [0.15, 0.2) is 0 Å². The van der Waals surface area contributed by atoms with Crippen molar-refractivity contribution in [2.75, 3.05) is 13.2 Å². The largest absolute Gasteiger partial charge is 0.374 e. The second-order valence-electron chi connectivity index (χ2n) is 5.70. The Bertz CT molecular complexity index is 221. The SMILES string of the molecule is C=CCCCCCC(NCCC)C1(C)CCCO1. The molecular formula is C16H31NO. The van der Waals surface area contributed by atoms with E-state index in [0.29, 0.717) is 6.04 Å². The second-order valence-corrected chi connectivity index (χ2v) is 5.70. The summed E-state index contributed by atoms with van der Waals surface area (Å²) in [4.78, 5) is 0. The van der Waals surface area contributed by atoms with Crippen molar-refractivity contribution in [3.05, 3.63) is 12.7 Å². The maximum absolute atomic E-state index is 6.00. The second kappa shape index (κ2) is 8.71. The monoisotopic (exact) mass is 253 g/mol. The van der Waals surface area contributed by atoms with Crippen molar-refractivity contribution >= 4 is 0 Å². The van der Waals surface area contributed by atoms with Crippen LogP contribution in [-0.4, -0.2) is 24.8 Å². The molecule has 2 nitrogen and oxygen atoms in total. The first-order chi connectivity index (χ1) is 8.73. The van der Waals surface area contributed by atoms with Crippen LogP contribution >= 0.6 is 0 Å². The molecule has 0 aromatic rings. The summed E-state index contributed by atoms with van der Waals surface area (Å²) in [7, 11) is 0. The lowest BCUT2D eigenvalue weighted by molar-refractivity contribution is -0.0144. The molecule has 1 heterocycles. The summed E-state index contributed by atoms with van der Waals surface area (Å²) in [6.07, 6.45) is 11.9. The van der Waals surface area contributed by atoms with Gasteiger partial charge in [0.1, 0.15) is 0 Å². The molecule has 0 bridgehead atoms. The highest BCUT2D eigenvalue weighted by molar-refractivity contribution is 4.92. The molecule has 0 spiro atoms. The van der Waals surface area contributed by atoms with Crippen LogP contribution in [0.4, 0.5) is 0 Å². The van der Waals surface area contributed by atoms with Crippen LogP contribution in [-0.2, 0) is 4.74 Å². The van der Waals surface area contributed by atoms with Gasteiger partial charge in [0, 0.05) is 12.6 Å². The molecule has 18 heavy (non-hydrogen) atoms. The van der Waals surface area contributed by atoms with Crippen molar-refractivity contribution in [2.24, 2.45) is 0 Å². The fourth-order valence-corrected chi connectivity index (χ4v) is 2.83. The highest BCUT2D eigenvalue weighted by Crippen LogP contribution is 2.31. The Labute approximate surface area is 113 Å². The van der Waals surface area contributed by atoms with Crippen molar-refractivity contribution in [3.8, 4) is 0 Å². The molecule has 1 rings (SSSR count). The van der Waals surface area contributed by atoms with E-state index in [2.05, 4.69) is 25.7 Å². The molecule has 2 heteroatoms. The summed E-state index contributed by atoms with van der Waals surface area (Å²) in [5.41, 5.74) is 0.0770. The third-order valence-corrected chi connectivity index (χ3v) is 4.03. The first-order valence-corrected chi connectivity index (χ1v) is 7.71. The molecule has 1 saturated heterocycles. The van der Waals surface area contributed by atoms with E-state index in [-0.39, 0.29) is 5.60 Å².